The highest BCUT2D eigenvalue weighted by molar-refractivity contribution is 5.60. The molecule has 3 heteroatoms. The molecule has 1 atom stereocenters. The third kappa shape index (κ3) is 3.12. The van der Waals surface area contributed by atoms with Crippen molar-refractivity contribution in [1.82, 2.24) is 4.90 Å². The second kappa shape index (κ2) is 5.70. The van der Waals surface area contributed by atoms with Gasteiger partial charge in [-0.2, -0.15) is 0 Å². The van der Waals surface area contributed by atoms with Gasteiger partial charge in [0.1, 0.15) is 6.29 Å². The van der Waals surface area contributed by atoms with Crippen LogP contribution < -0.4 is 0 Å². The van der Waals surface area contributed by atoms with Gasteiger partial charge in [-0.3, -0.25) is 0 Å². The van der Waals surface area contributed by atoms with E-state index in [1.54, 1.807) is 0 Å². The zero-order valence-corrected chi connectivity index (χ0v) is 11.9. The Balaban J connectivity index is 1.88. The van der Waals surface area contributed by atoms with Gasteiger partial charge in [-0.25, -0.2) is 0 Å². The number of hydrogen-bond acceptors (Lipinski definition) is 3. The summed E-state index contributed by atoms with van der Waals surface area (Å²) >= 11 is 0. The number of carbonyl (C=O) groups is 1. The molecule has 2 fully saturated rings. The van der Waals surface area contributed by atoms with Crippen molar-refractivity contribution in [3.8, 4) is 0 Å². The third-order valence-corrected chi connectivity index (χ3v) is 5.06. The molecule has 0 aromatic heterocycles. The van der Waals surface area contributed by atoms with E-state index in [9.17, 15) is 4.79 Å². The number of ether oxygens (including phenoxy) is 1. The van der Waals surface area contributed by atoms with Crippen LogP contribution in [0.4, 0.5) is 0 Å². The highest BCUT2D eigenvalue weighted by atomic mass is 16.5. The van der Waals surface area contributed by atoms with Crippen LogP contribution in [-0.4, -0.2) is 44.0 Å². The average Bonchev–Trinajstić information content (AvgIpc) is 2.43. The van der Waals surface area contributed by atoms with Crippen LogP contribution in [0, 0.1) is 10.8 Å². The maximum absolute atomic E-state index is 11.4. The molecule has 0 amide bonds. The summed E-state index contributed by atoms with van der Waals surface area (Å²) in [4.78, 5) is 13.9. The molecule has 1 unspecified atom stereocenters. The van der Waals surface area contributed by atoms with Crippen molar-refractivity contribution in [3.05, 3.63) is 0 Å². The molecular formula is C15H27NO2. The molecule has 0 saturated carbocycles. The van der Waals surface area contributed by atoms with Crippen LogP contribution in [0.15, 0.2) is 0 Å². The van der Waals surface area contributed by atoms with Crippen LogP contribution in [0.2, 0.25) is 0 Å². The molecule has 2 rings (SSSR count). The number of rotatable bonds is 4. The summed E-state index contributed by atoms with van der Waals surface area (Å²) in [6, 6.07) is 0. The van der Waals surface area contributed by atoms with Crippen LogP contribution in [0.1, 0.15) is 46.0 Å². The molecule has 104 valence electrons. The molecule has 2 aliphatic heterocycles. The Labute approximate surface area is 111 Å². The topological polar surface area (TPSA) is 29.5 Å². The Morgan fingerprint density at radius 3 is 2.50 bits per heavy atom. The number of hydrogen-bond donors (Lipinski definition) is 0. The number of aldehydes is 1. The Morgan fingerprint density at radius 2 is 2.00 bits per heavy atom. The van der Waals surface area contributed by atoms with E-state index in [1.165, 1.54) is 19.3 Å². The first-order chi connectivity index (χ1) is 8.61. The summed E-state index contributed by atoms with van der Waals surface area (Å²) < 4.78 is 5.52. The van der Waals surface area contributed by atoms with E-state index in [0.29, 0.717) is 12.0 Å². The molecule has 3 nitrogen and oxygen atoms in total. The molecule has 0 N–H and O–H groups in total. The lowest BCUT2D eigenvalue weighted by atomic mass is 9.77. The zero-order chi connectivity index (χ0) is 13.1. The Morgan fingerprint density at radius 1 is 1.28 bits per heavy atom. The molecule has 18 heavy (non-hydrogen) atoms. The largest absolute Gasteiger partial charge is 0.380 e. The predicted octanol–water partition coefficient (Wildman–Crippen LogP) is 2.49. The van der Waals surface area contributed by atoms with Crippen LogP contribution in [0.3, 0.4) is 0 Å². The summed E-state index contributed by atoms with van der Waals surface area (Å²) in [7, 11) is 0. The first-order valence-corrected chi connectivity index (χ1v) is 7.38. The van der Waals surface area contributed by atoms with Gasteiger partial charge in [0.15, 0.2) is 0 Å². The minimum absolute atomic E-state index is 0.224. The molecule has 0 aromatic carbocycles. The third-order valence-electron chi connectivity index (χ3n) is 5.06. The summed E-state index contributed by atoms with van der Waals surface area (Å²) in [6.45, 7) is 9.30. The molecule has 0 spiro atoms. The van der Waals surface area contributed by atoms with Crippen LogP contribution >= 0.6 is 0 Å². The van der Waals surface area contributed by atoms with E-state index >= 15 is 0 Å². The van der Waals surface area contributed by atoms with Crippen molar-refractivity contribution in [1.29, 1.82) is 0 Å². The SMILES string of the molecule is CCC1(C)CCN(CC2(C=O)CCCOC2)CC1. The van der Waals surface area contributed by atoms with Gasteiger partial charge >= 0.3 is 0 Å². The maximum atomic E-state index is 11.4. The Hall–Kier alpha value is -0.410. The Bertz CT molecular complexity index is 276. The number of likely N-dealkylation sites (tertiary alicyclic amines) is 1. The fraction of sp³-hybridized carbons (Fsp3) is 0.933. The summed E-state index contributed by atoms with van der Waals surface area (Å²) in [6.07, 6.45) is 6.97. The lowest BCUT2D eigenvalue weighted by molar-refractivity contribution is -0.126. The summed E-state index contributed by atoms with van der Waals surface area (Å²) in [5, 5.41) is 0. The second-order valence-corrected chi connectivity index (χ2v) is 6.58. The van der Waals surface area contributed by atoms with Crippen LogP contribution in [0.5, 0.6) is 0 Å². The van der Waals surface area contributed by atoms with Gasteiger partial charge < -0.3 is 14.4 Å². The lowest BCUT2D eigenvalue weighted by Gasteiger charge is -2.43. The molecular weight excluding hydrogens is 226 g/mol. The van der Waals surface area contributed by atoms with Crippen molar-refractivity contribution in [2.24, 2.45) is 10.8 Å². The number of piperidine rings is 1. The quantitative estimate of drug-likeness (QED) is 0.721. The van der Waals surface area contributed by atoms with E-state index in [-0.39, 0.29) is 5.41 Å². The monoisotopic (exact) mass is 253 g/mol. The van der Waals surface area contributed by atoms with Crippen molar-refractivity contribution < 1.29 is 9.53 Å². The molecule has 2 aliphatic rings. The average molecular weight is 253 g/mol. The van der Waals surface area contributed by atoms with Crippen LogP contribution in [-0.2, 0) is 9.53 Å². The van der Waals surface area contributed by atoms with E-state index in [4.69, 9.17) is 4.74 Å². The van der Waals surface area contributed by atoms with Crippen molar-refractivity contribution >= 4 is 6.29 Å². The first kappa shape index (κ1) is 14.0. The highest BCUT2D eigenvalue weighted by Gasteiger charge is 2.37. The van der Waals surface area contributed by atoms with Gasteiger partial charge in [-0.15, -0.1) is 0 Å². The second-order valence-electron chi connectivity index (χ2n) is 6.58. The summed E-state index contributed by atoms with van der Waals surface area (Å²) in [5.41, 5.74) is 0.298. The molecule has 0 aliphatic carbocycles. The molecule has 0 bridgehead atoms. The van der Waals surface area contributed by atoms with Gasteiger partial charge in [0.05, 0.1) is 12.0 Å². The van der Waals surface area contributed by atoms with E-state index in [1.807, 2.05) is 0 Å². The van der Waals surface area contributed by atoms with Gasteiger partial charge in [0, 0.05) is 13.2 Å². The molecule has 0 radical (unpaired) electrons. The lowest BCUT2D eigenvalue weighted by Crippen LogP contribution is -2.48. The highest BCUT2D eigenvalue weighted by Crippen LogP contribution is 2.36. The van der Waals surface area contributed by atoms with Gasteiger partial charge in [0.2, 0.25) is 0 Å². The predicted molar refractivity (Wildman–Crippen MR) is 72.6 cm³/mol. The Kier molecular flexibility index (Phi) is 4.44. The first-order valence-electron chi connectivity index (χ1n) is 7.38. The summed E-state index contributed by atoms with van der Waals surface area (Å²) in [5.74, 6) is 0. The number of carbonyl (C=O) groups excluding carboxylic acids is 1. The maximum Gasteiger partial charge on any atom is 0.129 e. The fourth-order valence-corrected chi connectivity index (χ4v) is 3.18. The molecule has 0 aromatic rings. The van der Waals surface area contributed by atoms with Gasteiger partial charge in [-0.1, -0.05) is 20.3 Å². The minimum Gasteiger partial charge on any atom is -0.380 e. The molecule has 2 saturated heterocycles. The van der Waals surface area contributed by atoms with Gasteiger partial charge in [0.25, 0.3) is 0 Å². The normalized spacial score (nSPS) is 33.2. The standard InChI is InChI=1S/C15H27NO2/c1-3-14(2)6-8-16(9-7-14)11-15(12-17)5-4-10-18-13-15/h12H,3-11,13H2,1-2H3. The van der Waals surface area contributed by atoms with Crippen molar-refractivity contribution in [3.63, 3.8) is 0 Å². The van der Waals surface area contributed by atoms with Gasteiger partial charge in [-0.05, 0) is 44.2 Å². The van der Waals surface area contributed by atoms with E-state index < -0.39 is 0 Å². The molecule has 2 heterocycles. The smallest absolute Gasteiger partial charge is 0.129 e. The van der Waals surface area contributed by atoms with Crippen LogP contribution in [0.25, 0.3) is 0 Å². The minimum atomic E-state index is -0.224. The van der Waals surface area contributed by atoms with E-state index in [0.717, 1.165) is 45.4 Å². The van der Waals surface area contributed by atoms with Crippen molar-refractivity contribution in [2.75, 3.05) is 32.8 Å². The fourth-order valence-electron chi connectivity index (χ4n) is 3.18. The number of nitrogens with zero attached hydrogens (tertiary/aromatic N) is 1. The van der Waals surface area contributed by atoms with Crippen molar-refractivity contribution in [2.45, 2.75) is 46.0 Å². The van der Waals surface area contributed by atoms with E-state index in [2.05, 4.69) is 18.7 Å². The zero-order valence-electron chi connectivity index (χ0n) is 11.9.